The van der Waals surface area contributed by atoms with Gasteiger partial charge in [-0.05, 0) is 38.7 Å². The first-order valence-electron chi connectivity index (χ1n) is 6.88. The van der Waals surface area contributed by atoms with Crippen LogP contribution in [0.15, 0.2) is 12.1 Å². The van der Waals surface area contributed by atoms with E-state index in [4.69, 9.17) is 5.73 Å². The van der Waals surface area contributed by atoms with Crippen LogP contribution in [0.2, 0.25) is 0 Å². The summed E-state index contributed by atoms with van der Waals surface area (Å²) in [6, 6.07) is 4.36. The average Bonchev–Trinajstić information content (AvgIpc) is 3.12. The maximum Gasteiger partial charge on any atom is 0.124 e. The lowest BCUT2D eigenvalue weighted by molar-refractivity contribution is 0.438. The lowest BCUT2D eigenvalue weighted by atomic mass is 9.85. The molecule has 0 saturated heterocycles. The van der Waals surface area contributed by atoms with Crippen molar-refractivity contribution < 1.29 is 5.11 Å². The molecule has 1 aliphatic heterocycles. The number of aromatic hydroxyl groups is 1. The molecule has 0 aromatic heterocycles. The Morgan fingerprint density at radius 1 is 1.39 bits per heavy atom. The Morgan fingerprint density at radius 3 is 2.72 bits per heavy atom. The molecule has 1 atom stereocenters. The number of hydrogen-bond donors (Lipinski definition) is 2. The Hall–Kier alpha value is -1.22. The quantitative estimate of drug-likeness (QED) is 0.840. The highest BCUT2D eigenvalue weighted by Gasteiger charge is 2.49. The molecule has 1 aromatic carbocycles. The van der Waals surface area contributed by atoms with Crippen LogP contribution in [-0.2, 0) is 11.8 Å². The molecule has 1 heterocycles. The van der Waals surface area contributed by atoms with E-state index >= 15 is 0 Å². The topological polar surface area (TPSA) is 49.5 Å². The van der Waals surface area contributed by atoms with Gasteiger partial charge in [0.2, 0.25) is 0 Å². The zero-order valence-electron chi connectivity index (χ0n) is 11.2. The standard InChI is InChI=1S/C15H22N2O/c1-10(16)15(7-8-15)12-5-6-13-11(14(12)18)4-3-9-17(13)2/h5-6,10,18H,3-4,7-9,16H2,1-2H3. The summed E-state index contributed by atoms with van der Waals surface area (Å²) in [5, 5.41) is 10.6. The summed E-state index contributed by atoms with van der Waals surface area (Å²) in [6.07, 6.45) is 4.31. The van der Waals surface area contributed by atoms with Crippen molar-refractivity contribution in [3.05, 3.63) is 23.3 Å². The molecule has 0 bridgehead atoms. The van der Waals surface area contributed by atoms with Crippen molar-refractivity contribution in [2.75, 3.05) is 18.5 Å². The molecule has 18 heavy (non-hydrogen) atoms. The summed E-state index contributed by atoms with van der Waals surface area (Å²) in [5.41, 5.74) is 9.53. The first kappa shape index (κ1) is 11.8. The van der Waals surface area contributed by atoms with Gasteiger partial charge in [-0.15, -0.1) is 0 Å². The summed E-state index contributed by atoms with van der Waals surface area (Å²) >= 11 is 0. The van der Waals surface area contributed by atoms with E-state index in [9.17, 15) is 5.11 Å². The second-order valence-electron chi connectivity index (χ2n) is 5.93. The minimum absolute atomic E-state index is 0.0368. The number of nitrogens with two attached hydrogens (primary N) is 1. The summed E-state index contributed by atoms with van der Waals surface area (Å²) in [5.74, 6) is 0.508. The van der Waals surface area contributed by atoms with Crippen molar-refractivity contribution in [1.29, 1.82) is 0 Å². The normalized spacial score (nSPS) is 22.5. The smallest absolute Gasteiger partial charge is 0.124 e. The third kappa shape index (κ3) is 1.53. The molecule has 1 aromatic rings. The van der Waals surface area contributed by atoms with Crippen LogP contribution in [0.5, 0.6) is 5.75 Å². The van der Waals surface area contributed by atoms with Gasteiger partial charge in [0, 0.05) is 41.9 Å². The van der Waals surface area contributed by atoms with Crippen LogP contribution < -0.4 is 10.6 Å². The van der Waals surface area contributed by atoms with Crippen LogP contribution in [0.4, 0.5) is 5.69 Å². The van der Waals surface area contributed by atoms with Gasteiger partial charge in [-0.25, -0.2) is 0 Å². The Balaban J connectivity index is 2.09. The molecule has 3 heteroatoms. The van der Waals surface area contributed by atoms with Gasteiger partial charge in [0.15, 0.2) is 0 Å². The van der Waals surface area contributed by atoms with E-state index in [0.29, 0.717) is 5.75 Å². The molecule has 1 fully saturated rings. The second kappa shape index (κ2) is 3.89. The monoisotopic (exact) mass is 246 g/mol. The first-order chi connectivity index (χ1) is 8.56. The summed E-state index contributed by atoms with van der Waals surface area (Å²) in [7, 11) is 2.09. The van der Waals surface area contributed by atoms with Crippen LogP contribution in [-0.4, -0.2) is 24.7 Å². The van der Waals surface area contributed by atoms with E-state index < -0.39 is 0 Å². The zero-order chi connectivity index (χ0) is 12.9. The molecular formula is C15H22N2O. The summed E-state index contributed by atoms with van der Waals surface area (Å²) in [6.45, 7) is 3.13. The van der Waals surface area contributed by atoms with Crippen molar-refractivity contribution in [2.45, 2.75) is 44.1 Å². The number of anilines is 1. The lowest BCUT2D eigenvalue weighted by Gasteiger charge is -2.30. The Labute approximate surface area is 109 Å². The van der Waals surface area contributed by atoms with Crippen molar-refractivity contribution in [2.24, 2.45) is 5.73 Å². The number of phenols is 1. The fourth-order valence-corrected chi connectivity index (χ4v) is 3.35. The molecule has 98 valence electrons. The molecule has 2 aliphatic rings. The summed E-state index contributed by atoms with van der Waals surface area (Å²) < 4.78 is 0. The van der Waals surface area contributed by atoms with E-state index in [1.807, 2.05) is 0 Å². The van der Waals surface area contributed by atoms with Crippen molar-refractivity contribution in [3.8, 4) is 5.75 Å². The van der Waals surface area contributed by atoms with Crippen LogP contribution in [0.3, 0.4) is 0 Å². The van der Waals surface area contributed by atoms with Crippen LogP contribution in [0.25, 0.3) is 0 Å². The van der Waals surface area contributed by atoms with E-state index in [1.165, 1.54) is 5.69 Å². The second-order valence-corrected chi connectivity index (χ2v) is 5.93. The maximum atomic E-state index is 10.6. The lowest BCUT2D eigenvalue weighted by Crippen LogP contribution is -2.32. The molecule has 1 unspecified atom stereocenters. The molecule has 3 N–H and O–H groups in total. The van der Waals surface area contributed by atoms with Gasteiger partial charge in [-0.2, -0.15) is 0 Å². The maximum absolute atomic E-state index is 10.6. The third-order valence-corrected chi connectivity index (χ3v) is 4.79. The minimum Gasteiger partial charge on any atom is -0.507 e. The van der Waals surface area contributed by atoms with Crippen molar-refractivity contribution >= 4 is 5.69 Å². The van der Waals surface area contributed by atoms with Gasteiger partial charge in [-0.1, -0.05) is 6.07 Å². The zero-order valence-corrected chi connectivity index (χ0v) is 11.2. The minimum atomic E-state index is 0.0368. The van der Waals surface area contributed by atoms with E-state index in [0.717, 1.165) is 43.4 Å². The van der Waals surface area contributed by atoms with Gasteiger partial charge in [-0.3, -0.25) is 0 Å². The van der Waals surface area contributed by atoms with E-state index in [-0.39, 0.29) is 11.5 Å². The molecule has 3 nitrogen and oxygen atoms in total. The Bertz CT molecular complexity index is 478. The number of rotatable bonds is 2. The Kier molecular flexibility index (Phi) is 2.56. The predicted molar refractivity (Wildman–Crippen MR) is 74.3 cm³/mol. The van der Waals surface area contributed by atoms with Crippen LogP contribution >= 0.6 is 0 Å². The number of benzene rings is 1. The third-order valence-electron chi connectivity index (χ3n) is 4.79. The molecular weight excluding hydrogens is 224 g/mol. The highest BCUT2D eigenvalue weighted by molar-refractivity contribution is 5.64. The number of hydrogen-bond acceptors (Lipinski definition) is 3. The average molecular weight is 246 g/mol. The number of fused-ring (bicyclic) bond motifs is 1. The largest absolute Gasteiger partial charge is 0.507 e. The van der Waals surface area contributed by atoms with E-state index in [2.05, 4.69) is 31.0 Å². The predicted octanol–water partition coefficient (Wildman–Crippen LogP) is 2.15. The van der Waals surface area contributed by atoms with E-state index in [1.54, 1.807) is 0 Å². The van der Waals surface area contributed by atoms with Crippen molar-refractivity contribution in [1.82, 2.24) is 0 Å². The van der Waals surface area contributed by atoms with Crippen LogP contribution in [0, 0.1) is 0 Å². The van der Waals surface area contributed by atoms with Crippen LogP contribution in [0.1, 0.15) is 37.3 Å². The fourth-order valence-electron chi connectivity index (χ4n) is 3.35. The molecule has 1 aliphatic carbocycles. The van der Waals surface area contributed by atoms with Gasteiger partial charge in [0.25, 0.3) is 0 Å². The fraction of sp³-hybridized carbons (Fsp3) is 0.600. The molecule has 0 amide bonds. The number of nitrogens with zero attached hydrogens (tertiary/aromatic N) is 1. The SMILES string of the molecule is CC(N)C1(c2ccc3c(c2O)CCCN3C)CC1. The van der Waals surface area contributed by atoms with Crippen molar-refractivity contribution in [3.63, 3.8) is 0 Å². The highest BCUT2D eigenvalue weighted by Crippen LogP contribution is 2.54. The Morgan fingerprint density at radius 2 is 2.11 bits per heavy atom. The first-order valence-corrected chi connectivity index (χ1v) is 6.88. The van der Waals surface area contributed by atoms with Gasteiger partial charge in [0.1, 0.15) is 5.75 Å². The number of phenolic OH excluding ortho intramolecular Hbond substituents is 1. The molecule has 3 rings (SSSR count). The van der Waals surface area contributed by atoms with Gasteiger partial charge < -0.3 is 15.7 Å². The van der Waals surface area contributed by atoms with Gasteiger partial charge in [0.05, 0.1) is 0 Å². The summed E-state index contributed by atoms with van der Waals surface area (Å²) in [4.78, 5) is 2.23. The van der Waals surface area contributed by atoms with Gasteiger partial charge >= 0.3 is 0 Å². The highest BCUT2D eigenvalue weighted by atomic mass is 16.3. The molecule has 0 radical (unpaired) electrons. The molecule has 1 saturated carbocycles. The molecule has 0 spiro atoms.